The Balaban J connectivity index is 1.62. The number of piperidine rings is 1. The van der Waals surface area contributed by atoms with Crippen LogP contribution < -0.4 is 4.74 Å². The molecule has 0 aromatic heterocycles. The topological polar surface area (TPSA) is 68.2 Å². The molecule has 1 spiro atoms. The van der Waals surface area contributed by atoms with E-state index in [1.807, 2.05) is 4.90 Å². The van der Waals surface area contributed by atoms with E-state index in [0.29, 0.717) is 31.9 Å². The largest absolute Gasteiger partial charge is 0.504 e. The van der Waals surface area contributed by atoms with Gasteiger partial charge in [-0.25, -0.2) is 0 Å². The highest BCUT2D eigenvalue weighted by Gasteiger charge is 2.44. The molecule has 6 nitrogen and oxygen atoms in total. The Labute approximate surface area is 167 Å². The van der Waals surface area contributed by atoms with Gasteiger partial charge >= 0.3 is 0 Å². The van der Waals surface area contributed by atoms with Crippen LogP contribution in [0.2, 0.25) is 0 Å². The predicted octanol–water partition coefficient (Wildman–Crippen LogP) is 3.02. The van der Waals surface area contributed by atoms with Gasteiger partial charge in [0.25, 0.3) is 0 Å². The van der Waals surface area contributed by atoms with Crippen LogP contribution in [-0.2, 0) is 20.7 Å². The van der Waals surface area contributed by atoms with Crippen LogP contribution in [-0.4, -0.2) is 55.1 Å². The number of amides is 1. The van der Waals surface area contributed by atoms with E-state index in [9.17, 15) is 9.90 Å². The van der Waals surface area contributed by atoms with Crippen molar-refractivity contribution in [2.45, 2.75) is 37.5 Å². The van der Waals surface area contributed by atoms with Crippen molar-refractivity contribution >= 4 is 22.3 Å². The van der Waals surface area contributed by atoms with E-state index in [2.05, 4.69) is 22.0 Å². The molecule has 3 aliphatic rings. The van der Waals surface area contributed by atoms with Gasteiger partial charge < -0.3 is 24.2 Å². The second kappa shape index (κ2) is 7.45. The second-order valence-corrected chi connectivity index (χ2v) is 8.21. The molecule has 1 N–H and O–H groups in total. The van der Waals surface area contributed by atoms with Crippen LogP contribution >= 0.6 is 15.9 Å². The third-order valence-electron chi connectivity index (χ3n) is 5.92. The number of ether oxygens (including phenoxy) is 3. The number of aromatic hydroxyl groups is 1. The fourth-order valence-corrected chi connectivity index (χ4v) is 5.06. The number of fused-ring (bicyclic) bond motifs is 1. The zero-order chi connectivity index (χ0) is 19.0. The quantitative estimate of drug-likeness (QED) is 0.579. The Bertz CT molecular complexity index is 759. The molecule has 7 heteroatoms. The van der Waals surface area contributed by atoms with Gasteiger partial charge in [-0.15, -0.1) is 0 Å². The number of methoxy groups -OCH3 is 1. The highest BCUT2D eigenvalue weighted by atomic mass is 79.9. The molecular weight excluding hydrogens is 414 g/mol. The van der Waals surface area contributed by atoms with Gasteiger partial charge in [0, 0.05) is 29.4 Å². The molecule has 0 bridgehead atoms. The number of hydrogen-bond donors (Lipinski definition) is 1. The fraction of sp³-hybridized carbons (Fsp3) is 0.550. The van der Waals surface area contributed by atoms with Crippen LogP contribution in [0.5, 0.6) is 11.5 Å². The first-order valence-corrected chi connectivity index (χ1v) is 10.1. The van der Waals surface area contributed by atoms with Gasteiger partial charge in [0.1, 0.15) is 0 Å². The number of benzene rings is 1. The lowest BCUT2D eigenvalue weighted by Gasteiger charge is -2.45. The van der Waals surface area contributed by atoms with Gasteiger partial charge in [0.05, 0.1) is 20.3 Å². The van der Waals surface area contributed by atoms with Gasteiger partial charge in [0.2, 0.25) is 6.41 Å². The summed E-state index contributed by atoms with van der Waals surface area (Å²) in [6, 6.07) is 3.54. The molecule has 1 aromatic carbocycles. The van der Waals surface area contributed by atoms with Crippen molar-refractivity contribution in [2.24, 2.45) is 5.92 Å². The summed E-state index contributed by atoms with van der Waals surface area (Å²) in [5.41, 5.74) is 2.28. The Hall–Kier alpha value is -1.57. The van der Waals surface area contributed by atoms with Crippen molar-refractivity contribution in [3.8, 4) is 11.5 Å². The van der Waals surface area contributed by atoms with E-state index < -0.39 is 5.79 Å². The monoisotopic (exact) mass is 437 g/mol. The average molecular weight is 438 g/mol. The second-order valence-electron chi connectivity index (χ2n) is 7.35. The molecule has 2 heterocycles. The average Bonchev–Trinajstić information content (AvgIpc) is 3.12. The van der Waals surface area contributed by atoms with Crippen molar-refractivity contribution in [2.75, 3.05) is 26.9 Å². The number of rotatable bonds is 4. The summed E-state index contributed by atoms with van der Waals surface area (Å²) < 4.78 is 17.8. The Morgan fingerprint density at radius 1 is 1.41 bits per heavy atom. The maximum atomic E-state index is 11.7. The summed E-state index contributed by atoms with van der Waals surface area (Å²) in [7, 11) is 1.53. The minimum atomic E-state index is -0.557. The lowest BCUT2D eigenvalue weighted by Crippen LogP contribution is -2.49. The minimum absolute atomic E-state index is 0.0466. The van der Waals surface area contributed by atoms with E-state index in [-0.39, 0.29) is 17.7 Å². The van der Waals surface area contributed by atoms with Gasteiger partial charge in [0.15, 0.2) is 17.3 Å². The maximum Gasteiger partial charge on any atom is 0.209 e. The van der Waals surface area contributed by atoms with E-state index in [0.717, 1.165) is 35.7 Å². The normalized spacial score (nSPS) is 26.6. The molecule has 0 saturated carbocycles. The fourth-order valence-electron chi connectivity index (χ4n) is 4.58. The number of phenolic OH excluding ortho intramolecular Hbond substituents is 1. The molecule has 1 aliphatic carbocycles. The molecule has 1 aromatic rings. The number of likely N-dealkylation sites (tertiary alicyclic amines) is 1. The molecule has 2 aliphatic heterocycles. The zero-order valence-electron chi connectivity index (χ0n) is 15.3. The molecule has 1 amide bonds. The van der Waals surface area contributed by atoms with Gasteiger partial charge in [-0.2, -0.15) is 0 Å². The van der Waals surface area contributed by atoms with E-state index in [1.165, 1.54) is 12.7 Å². The summed E-state index contributed by atoms with van der Waals surface area (Å²) in [5.74, 6) is 0.254. The van der Waals surface area contributed by atoms with Crippen LogP contribution in [0.15, 0.2) is 28.3 Å². The van der Waals surface area contributed by atoms with Crippen molar-refractivity contribution in [3.63, 3.8) is 0 Å². The minimum Gasteiger partial charge on any atom is -0.504 e. The number of phenols is 1. The standard InChI is InChI=1S/C20H24BrNO5/c1-25-19-10-16(21)14(9-18(19)24)8-17-15-2-4-20(26-6-7-27-20)11-13(15)3-5-22(17)12-23/h9-12,15,17,24H,2-8H2,1H3. The van der Waals surface area contributed by atoms with Crippen LogP contribution in [0.1, 0.15) is 24.8 Å². The SMILES string of the molecule is COc1cc(Br)c(CC2C3CCC4(C=C3CCN2C=O)OCCO4)cc1O. The van der Waals surface area contributed by atoms with Gasteiger partial charge in [-0.1, -0.05) is 21.5 Å². The van der Waals surface area contributed by atoms with Crippen LogP contribution in [0, 0.1) is 5.92 Å². The number of hydrogen-bond acceptors (Lipinski definition) is 5. The molecule has 2 atom stereocenters. The summed E-state index contributed by atoms with van der Waals surface area (Å²) >= 11 is 3.57. The van der Waals surface area contributed by atoms with Crippen LogP contribution in [0.25, 0.3) is 0 Å². The number of halogens is 1. The third-order valence-corrected chi connectivity index (χ3v) is 6.66. The van der Waals surface area contributed by atoms with E-state index in [1.54, 1.807) is 12.1 Å². The lowest BCUT2D eigenvalue weighted by atomic mass is 9.74. The van der Waals surface area contributed by atoms with Crippen molar-refractivity contribution in [1.29, 1.82) is 0 Å². The predicted molar refractivity (Wildman–Crippen MR) is 103 cm³/mol. The highest BCUT2D eigenvalue weighted by Crippen LogP contribution is 2.44. The molecule has 4 rings (SSSR count). The van der Waals surface area contributed by atoms with E-state index >= 15 is 0 Å². The number of nitrogens with zero attached hydrogens (tertiary/aromatic N) is 1. The van der Waals surface area contributed by atoms with Crippen molar-refractivity contribution < 1.29 is 24.1 Å². The van der Waals surface area contributed by atoms with E-state index in [4.69, 9.17) is 14.2 Å². The first-order chi connectivity index (χ1) is 13.0. The number of carbonyl (C=O) groups excluding carboxylic acids is 1. The first-order valence-electron chi connectivity index (χ1n) is 9.31. The maximum absolute atomic E-state index is 11.7. The molecule has 146 valence electrons. The molecular formula is C20H24BrNO5. The molecule has 27 heavy (non-hydrogen) atoms. The third kappa shape index (κ3) is 3.48. The molecule has 0 radical (unpaired) electrons. The molecule has 2 saturated heterocycles. The van der Waals surface area contributed by atoms with Crippen LogP contribution in [0.4, 0.5) is 0 Å². The van der Waals surface area contributed by atoms with Crippen molar-refractivity contribution in [3.05, 3.63) is 33.8 Å². The smallest absolute Gasteiger partial charge is 0.209 e. The first kappa shape index (κ1) is 18.8. The van der Waals surface area contributed by atoms with Gasteiger partial charge in [-0.3, -0.25) is 4.79 Å². The Morgan fingerprint density at radius 3 is 2.89 bits per heavy atom. The number of carbonyl (C=O) groups is 1. The highest BCUT2D eigenvalue weighted by molar-refractivity contribution is 9.10. The lowest BCUT2D eigenvalue weighted by molar-refractivity contribution is -0.134. The Kier molecular flexibility index (Phi) is 5.18. The molecule has 2 unspecified atom stereocenters. The summed E-state index contributed by atoms with van der Waals surface area (Å²) in [6.45, 7) is 1.96. The molecule has 2 fully saturated rings. The summed E-state index contributed by atoms with van der Waals surface area (Å²) in [4.78, 5) is 13.6. The van der Waals surface area contributed by atoms with Gasteiger partial charge in [-0.05, 0) is 43.0 Å². The van der Waals surface area contributed by atoms with Crippen molar-refractivity contribution in [1.82, 2.24) is 4.90 Å². The summed E-state index contributed by atoms with van der Waals surface area (Å²) in [6.07, 6.45) is 6.34. The summed E-state index contributed by atoms with van der Waals surface area (Å²) in [5, 5.41) is 10.2. The zero-order valence-corrected chi connectivity index (χ0v) is 16.9. The Morgan fingerprint density at radius 2 is 2.19 bits per heavy atom. The van der Waals surface area contributed by atoms with Crippen LogP contribution in [0.3, 0.4) is 0 Å².